The van der Waals surface area contributed by atoms with Gasteiger partial charge in [0.2, 0.25) is 34.5 Å². The summed E-state index contributed by atoms with van der Waals surface area (Å²) >= 11 is 0. The Morgan fingerprint density at radius 3 is 0.920 bits per heavy atom. The standard InChI is InChI=1S/C68H50O44/c69-22-1-14(2-23(70)39(22)80)59(92)109-55-53-33(104-67(100)57(55)111-61(94)16-5-26(73)41(82)27(74)6-16)13-103-63(96)18-10-32(79)52(49(90)38(18)37-20(65(98)107-53)9-30(77)44(85)48(37)89)106-51-21(11-31(78)45(86)50(51)91)66(99)112-58-56(110-60(93)15-3-24(71)40(81)25(72)4-15)54-34(105-68(58)101)12-102-62(95)17-7-28(75)42(83)46(87)35(17)36-19(64(97)108-54)8-29(76)43(84)47(36)88/h1-11,33-34,53-58,67-91,100-101H,12-13H2/t33-,34-,53-,54-,55+,56+,57-,58-,67?,68?/m1/s1. The van der Waals surface area contributed by atoms with Gasteiger partial charge in [0.25, 0.3) is 0 Å². The summed E-state index contributed by atoms with van der Waals surface area (Å²) in [6.07, 6.45) is -26.1. The van der Waals surface area contributed by atoms with Gasteiger partial charge in [-0.05, 0) is 60.7 Å². The van der Waals surface area contributed by atoms with Gasteiger partial charge in [-0.25, -0.2) is 38.4 Å². The van der Waals surface area contributed by atoms with E-state index in [0.29, 0.717) is 48.5 Å². The lowest BCUT2D eigenvalue weighted by atomic mass is 9.91. The zero-order valence-corrected chi connectivity index (χ0v) is 55.0. The molecule has 0 aliphatic carbocycles. The van der Waals surface area contributed by atoms with E-state index in [1.54, 1.807) is 0 Å². The lowest BCUT2D eigenvalue weighted by Crippen LogP contribution is -2.62. The zero-order valence-electron chi connectivity index (χ0n) is 55.0. The fourth-order valence-corrected chi connectivity index (χ4v) is 11.9. The van der Waals surface area contributed by atoms with Gasteiger partial charge in [0.05, 0.1) is 38.9 Å². The van der Waals surface area contributed by atoms with Gasteiger partial charge in [-0.2, -0.15) is 0 Å². The third kappa shape index (κ3) is 13.2. The smallest absolute Gasteiger partial charge is 0.342 e. The number of hydrogen-bond acceptors (Lipinski definition) is 44. The molecule has 0 saturated carbocycles. The van der Waals surface area contributed by atoms with Crippen LogP contribution >= 0.6 is 0 Å². The van der Waals surface area contributed by atoms with Crippen LogP contribution in [-0.2, 0) is 47.4 Å². The minimum Gasteiger partial charge on any atom is -0.504 e. The Morgan fingerprint density at radius 2 is 0.571 bits per heavy atom. The fraction of sp³-hybridized carbons (Fsp3) is 0.176. The molecule has 0 spiro atoms. The summed E-state index contributed by atoms with van der Waals surface area (Å²) in [5.74, 6) is -51.1. The van der Waals surface area contributed by atoms with Gasteiger partial charge in [-0.3, -0.25) is 0 Å². The highest BCUT2D eigenvalue weighted by Gasteiger charge is 2.56. The molecule has 0 bridgehead atoms. The van der Waals surface area contributed by atoms with E-state index in [1.807, 2.05) is 0 Å². The number of hydrogen-bond donors (Lipinski definition) is 25. The van der Waals surface area contributed by atoms with Gasteiger partial charge in [0.15, 0.2) is 158 Å². The number of rotatable bonds is 10. The molecule has 586 valence electrons. The van der Waals surface area contributed by atoms with Crippen molar-refractivity contribution >= 4 is 47.8 Å². The maximum absolute atomic E-state index is 15.0. The number of esters is 8. The predicted molar refractivity (Wildman–Crippen MR) is 345 cm³/mol. The van der Waals surface area contributed by atoms with Crippen molar-refractivity contribution in [3.63, 3.8) is 0 Å². The molecule has 2 fully saturated rings. The van der Waals surface area contributed by atoms with Crippen molar-refractivity contribution in [1.29, 1.82) is 0 Å². The molecule has 0 aromatic heterocycles. The quantitative estimate of drug-likeness (QED) is 0.0527. The third-order valence-electron chi connectivity index (χ3n) is 17.4. The first-order valence-corrected chi connectivity index (χ1v) is 31.1. The molecule has 25 N–H and O–H groups in total. The van der Waals surface area contributed by atoms with E-state index >= 15 is 4.79 Å². The summed E-state index contributed by atoms with van der Waals surface area (Å²) in [6.45, 7) is -2.79. The van der Waals surface area contributed by atoms with Crippen LogP contribution < -0.4 is 4.74 Å². The second-order valence-corrected chi connectivity index (χ2v) is 24.3. The highest BCUT2D eigenvalue weighted by atomic mass is 16.7. The van der Waals surface area contributed by atoms with Crippen LogP contribution in [-0.4, -0.2) is 250 Å². The highest BCUT2D eigenvalue weighted by molar-refractivity contribution is 6.10. The van der Waals surface area contributed by atoms with Crippen molar-refractivity contribution < 1.29 is 218 Å². The Kier molecular flexibility index (Phi) is 19.3. The van der Waals surface area contributed by atoms with E-state index in [2.05, 4.69) is 0 Å². The Labute approximate surface area is 616 Å². The number of aromatic hydroxyl groups is 23. The number of phenolic OH excluding ortho intramolecular Hbond substituents is 23. The molecule has 8 aromatic carbocycles. The number of ether oxygens (including phenoxy) is 11. The average Bonchev–Trinajstić information content (AvgIpc) is 1.17. The summed E-state index contributed by atoms with van der Waals surface area (Å²) in [6, 6.07) is 4.16. The van der Waals surface area contributed by atoms with Crippen LogP contribution in [0.1, 0.15) is 82.9 Å². The van der Waals surface area contributed by atoms with Crippen molar-refractivity contribution in [2.24, 2.45) is 0 Å². The number of carbonyl (C=O) groups is 8. The average molecular weight is 1570 g/mol. The zero-order chi connectivity index (χ0) is 81.7. The first kappa shape index (κ1) is 76.2. The maximum atomic E-state index is 15.0. The van der Waals surface area contributed by atoms with Crippen molar-refractivity contribution in [1.82, 2.24) is 0 Å². The minimum absolute atomic E-state index is 0.138. The van der Waals surface area contributed by atoms with Crippen LogP contribution in [0.15, 0.2) is 66.7 Å². The Hall–Kier alpha value is -15.4. The lowest BCUT2D eigenvalue weighted by Gasteiger charge is -2.42. The maximum Gasteiger partial charge on any atom is 0.342 e. The van der Waals surface area contributed by atoms with Crippen LogP contribution in [0, 0.1) is 0 Å². The summed E-state index contributed by atoms with van der Waals surface area (Å²) in [5.41, 5.74) is -14.4. The number of benzene rings is 8. The SMILES string of the molecule is O=C(O[C@H]1[C@@H]2OC(=O)c3cc(O)c(O)c(O)c3-c3c(cc(O)c(Oc4c(C(=O)O[C@H]5C(O)O[C@@H]6COC(=O)c7cc(O)c(O)c(O)c7-c7c(cc(O)c(O)c7O)C(=O)O[C@H]6[C@@H]5OC(=O)c5cc(O)c(O)c(O)c5)cc(O)c(O)c4O)c3O)C(=O)OC[C@H]2OC(O)[C@@H]1OC(=O)c1cc(O)c(O)c(O)c1)c1cc(O)c(O)c(O)c1. The van der Waals surface area contributed by atoms with Crippen molar-refractivity contribution in [2.45, 2.75) is 61.4 Å². The topological polar surface area (TPSA) is 744 Å². The molecule has 0 radical (unpaired) electrons. The summed E-state index contributed by atoms with van der Waals surface area (Å²) in [7, 11) is 0. The molecule has 8 aromatic rings. The molecule has 112 heavy (non-hydrogen) atoms. The van der Waals surface area contributed by atoms with Crippen molar-refractivity contribution in [3.05, 3.63) is 111 Å². The van der Waals surface area contributed by atoms with Crippen LogP contribution in [0.3, 0.4) is 0 Å². The molecule has 0 amide bonds. The third-order valence-corrected chi connectivity index (χ3v) is 17.4. The van der Waals surface area contributed by atoms with E-state index in [4.69, 9.17) is 52.1 Å². The van der Waals surface area contributed by atoms with Crippen molar-refractivity contribution in [3.8, 4) is 166 Å². The van der Waals surface area contributed by atoms with E-state index in [1.165, 1.54) is 0 Å². The number of aliphatic hydroxyl groups excluding tert-OH is 2. The summed E-state index contributed by atoms with van der Waals surface area (Å²) < 4.78 is 60.9. The predicted octanol–water partition coefficient (Wildman–Crippen LogP) is 1.77. The Balaban J connectivity index is 0.950. The summed E-state index contributed by atoms with van der Waals surface area (Å²) in [5, 5.41) is 272. The number of aliphatic hydroxyl groups is 2. The Morgan fingerprint density at radius 1 is 0.295 bits per heavy atom. The normalized spacial score (nSPS) is 20.7. The van der Waals surface area contributed by atoms with Gasteiger partial charge >= 0.3 is 47.8 Å². The summed E-state index contributed by atoms with van der Waals surface area (Å²) in [4.78, 5) is 115. The molecule has 10 atom stereocenters. The molecule has 44 heteroatoms. The number of phenols is 23. The molecule has 4 aliphatic rings. The van der Waals surface area contributed by atoms with Crippen molar-refractivity contribution in [2.75, 3.05) is 13.2 Å². The van der Waals surface area contributed by atoms with Gasteiger partial charge in [0, 0.05) is 28.3 Å². The molecule has 4 aliphatic heterocycles. The number of cyclic esters (lactones) is 2. The van der Waals surface area contributed by atoms with Gasteiger partial charge in [-0.1, -0.05) is 0 Å². The largest absolute Gasteiger partial charge is 0.504 e. The fourth-order valence-electron chi connectivity index (χ4n) is 11.9. The highest BCUT2D eigenvalue weighted by Crippen LogP contribution is 2.58. The second-order valence-electron chi connectivity index (χ2n) is 24.3. The van der Waals surface area contributed by atoms with Gasteiger partial charge in [0.1, 0.15) is 31.0 Å². The molecular weight excluding hydrogens is 1520 g/mol. The molecule has 44 nitrogen and oxygen atoms in total. The first-order valence-electron chi connectivity index (χ1n) is 31.1. The van der Waals surface area contributed by atoms with Gasteiger partial charge in [-0.15, -0.1) is 0 Å². The molecule has 4 heterocycles. The van der Waals surface area contributed by atoms with E-state index in [-0.39, 0.29) is 18.2 Å². The minimum atomic E-state index is -2.89. The Bertz CT molecular complexity index is 5320. The van der Waals surface area contributed by atoms with Crippen LogP contribution in [0.5, 0.6) is 144 Å². The molecule has 12 rings (SSSR count). The number of fused-ring (bicyclic) bond motifs is 8. The van der Waals surface area contributed by atoms with Crippen LogP contribution in [0.25, 0.3) is 22.3 Å². The first-order chi connectivity index (χ1) is 52.7. The monoisotopic (exact) mass is 1570 g/mol. The van der Waals surface area contributed by atoms with E-state index < -0.39 is 333 Å². The van der Waals surface area contributed by atoms with Gasteiger partial charge < -0.3 is 180 Å². The second kappa shape index (κ2) is 28.4. The van der Waals surface area contributed by atoms with Crippen LogP contribution in [0.2, 0.25) is 0 Å². The molecular formula is C68H50O44. The lowest BCUT2D eigenvalue weighted by molar-refractivity contribution is -0.284. The van der Waals surface area contributed by atoms with E-state index in [9.17, 15) is 161 Å². The molecule has 2 saturated heterocycles. The van der Waals surface area contributed by atoms with Crippen LogP contribution in [0.4, 0.5) is 0 Å². The molecule has 2 unspecified atom stereocenters. The van der Waals surface area contributed by atoms with E-state index in [0.717, 1.165) is 0 Å². The number of carbonyl (C=O) groups excluding carboxylic acids is 8.